The summed E-state index contributed by atoms with van der Waals surface area (Å²) in [5.41, 5.74) is 0.222. The predicted molar refractivity (Wildman–Crippen MR) is 113 cm³/mol. The summed E-state index contributed by atoms with van der Waals surface area (Å²) >= 11 is 0. The first-order chi connectivity index (χ1) is 11.9. The lowest BCUT2D eigenvalue weighted by Crippen LogP contribution is -2.36. The van der Waals surface area contributed by atoms with Crippen molar-refractivity contribution < 1.29 is 9.53 Å². The van der Waals surface area contributed by atoms with Gasteiger partial charge in [-0.15, -0.1) is 0 Å². The zero-order valence-corrected chi connectivity index (χ0v) is 18.2. The maximum atomic E-state index is 11.5. The summed E-state index contributed by atoms with van der Waals surface area (Å²) in [6.07, 6.45) is 4.45. The Morgan fingerprint density at radius 3 is 2.52 bits per heavy atom. The summed E-state index contributed by atoms with van der Waals surface area (Å²) in [6.45, 7) is 12.5. The minimum absolute atomic E-state index is 0.152. The third-order valence-corrected chi connectivity index (χ3v) is 5.87. The van der Waals surface area contributed by atoms with Crippen molar-refractivity contribution >= 4 is 27.6 Å². The molecule has 0 spiro atoms. The minimum Gasteiger partial charge on any atom is -0.367 e. The SMILES string of the molecule is CC(C)C#CCNC(=O)NCCCCO[C@@H](C)SSCCCC(C)C. The summed E-state index contributed by atoms with van der Waals surface area (Å²) in [6, 6.07) is -0.152. The Labute approximate surface area is 162 Å². The molecule has 1 atom stereocenters. The number of hydrogen-bond acceptors (Lipinski definition) is 4. The molecule has 146 valence electrons. The smallest absolute Gasteiger partial charge is 0.315 e. The van der Waals surface area contributed by atoms with Gasteiger partial charge in [0.15, 0.2) is 0 Å². The van der Waals surface area contributed by atoms with Crippen molar-refractivity contribution in [3.8, 4) is 11.8 Å². The molecule has 2 N–H and O–H groups in total. The number of ether oxygens (including phenoxy) is 1. The Hall–Kier alpha value is -0.510. The Morgan fingerprint density at radius 1 is 1.08 bits per heavy atom. The van der Waals surface area contributed by atoms with Gasteiger partial charge in [-0.05, 0) is 32.1 Å². The highest BCUT2D eigenvalue weighted by Gasteiger charge is 2.04. The van der Waals surface area contributed by atoms with E-state index in [9.17, 15) is 4.79 Å². The van der Waals surface area contributed by atoms with E-state index in [1.165, 1.54) is 18.6 Å². The number of carbonyl (C=O) groups is 1. The van der Waals surface area contributed by atoms with Crippen LogP contribution in [0.5, 0.6) is 0 Å². The molecule has 0 aliphatic rings. The third kappa shape index (κ3) is 19.7. The Morgan fingerprint density at radius 2 is 1.84 bits per heavy atom. The summed E-state index contributed by atoms with van der Waals surface area (Å²) in [5, 5.41) is 5.56. The van der Waals surface area contributed by atoms with Crippen LogP contribution in [0.3, 0.4) is 0 Å². The molecule has 0 heterocycles. The van der Waals surface area contributed by atoms with Crippen LogP contribution in [-0.4, -0.2) is 36.9 Å². The van der Waals surface area contributed by atoms with Crippen LogP contribution in [0.1, 0.15) is 60.3 Å². The largest absolute Gasteiger partial charge is 0.367 e. The summed E-state index contributed by atoms with van der Waals surface area (Å²) in [5.74, 6) is 8.25. The number of hydrogen-bond donors (Lipinski definition) is 2. The van der Waals surface area contributed by atoms with Crippen molar-refractivity contribution in [3.05, 3.63) is 0 Å². The molecule has 25 heavy (non-hydrogen) atoms. The summed E-state index contributed by atoms with van der Waals surface area (Å²) in [4.78, 5) is 11.5. The van der Waals surface area contributed by atoms with Crippen LogP contribution < -0.4 is 10.6 Å². The van der Waals surface area contributed by atoms with Gasteiger partial charge in [0.25, 0.3) is 0 Å². The lowest BCUT2D eigenvalue weighted by atomic mass is 10.1. The topological polar surface area (TPSA) is 50.4 Å². The van der Waals surface area contributed by atoms with Gasteiger partial charge in [-0.2, -0.15) is 0 Å². The summed E-state index contributed by atoms with van der Waals surface area (Å²) in [7, 11) is 3.71. The van der Waals surface area contributed by atoms with Crippen molar-refractivity contribution in [1.82, 2.24) is 10.6 Å². The van der Waals surface area contributed by atoms with Gasteiger partial charge in [-0.1, -0.05) is 67.5 Å². The van der Waals surface area contributed by atoms with Gasteiger partial charge in [0.1, 0.15) is 5.44 Å². The third-order valence-electron chi connectivity index (χ3n) is 3.15. The highest BCUT2D eigenvalue weighted by molar-refractivity contribution is 8.76. The van der Waals surface area contributed by atoms with Crippen LogP contribution in [0.4, 0.5) is 4.79 Å². The van der Waals surface area contributed by atoms with Gasteiger partial charge in [-0.25, -0.2) is 4.79 Å². The Balaban J connectivity index is 3.39. The molecule has 0 radical (unpaired) electrons. The number of amides is 2. The monoisotopic (exact) mass is 388 g/mol. The molecule has 0 aromatic heterocycles. The standard InChI is InChI=1S/C19H36N2O2S2/c1-16(2)10-8-13-21-19(22)20-12-6-7-14-23-18(5)25-24-15-9-11-17(3)4/h16-18H,6-7,9,11-15H2,1-5H3,(H2,20,21,22)/t18-/m1/s1. The minimum atomic E-state index is -0.152. The van der Waals surface area contributed by atoms with Gasteiger partial charge < -0.3 is 15.4 Å². The second kappa shape index (κ2) is 16.9. The number of unbranched alkanes of at least 4 members (excludes halogenated alkanes) is 1. The van der Waals surface area contributed by atoms with E-state index in [1.54, 1.807) is 0 Å². The fraction of sp³-hybridized carbons (Fsp3) is 0.842. The van der Waals surface area contributed by atoms with Crippen molar-refractivity contribution in [2.45, 2.75) is 65.7 Å². The van der Waals surface area contributed by atoms with Crippen LogP contribution in [0.2, 0.25) is 0 Å². The van der Waals surface area contributed by atoms with Crippen molar-refractivity contribution in [3.63, 3.8) is 0 Å². The zero-order valence-electron chi connectivity index (χ0n) is 16.5. The van der Waals surface area contributed by atoms with E-state index in [-0.39, 0.29) is 11.5 Å². The molecule has 0 aromatic rings. The number of urea groups is 1. The molecule has 0 rings (SSSR count). The van der Waals surface area contributed by atoms with Crippen molar-refractivity contribution in [2.24, 2.45) is 11.8 Å². The zero-order chi connectivity index (χ0) is 18.9. The maximum Gasteiger partial charge on any atom is 0.315 e. The van der Waals surface area contributed by atoms with E-state index in [0.29, 0.717) is 19.0 Å². The second-order valence-corrected chi connectivity index (χ2v) is 9.47. The van der Waals surface area contributed by atoms with Crippen LogP contribution in [0.15, 0.2) is 0 Å². The van der Waals surface area contributed by atoms with Crippen molar-refractivity contribution in [1.29, 1.82) is 0 Å². The van der Waals surface area contributed by atoms with Crippen LogP contribution in [-0.2, 0) is 4.74 Å². The molecule has 6 heteroatoms. The number of carbonyl (C=O) groups excluding carboxylic acids is 1. The van der Waals surface area contributed by atoms with E-state index < -0.39 is 0 Å². The average Bonchev–Trinajstić information content (AvgIpc) is 2.54. The molecule has 2 amide bonds. The molecule has 0 unspecified atom stereocenters. The van der Waals surface area contributed by atoms with Gasteiger partial charge in [-0.3, -0.25) is 0 Å². The molecule has 0 aliphatic heterocycles. The second-order valence-electron chi connectivity index (χ2n) is 6.69. The Bertz CT molecular complexity index is 393. The normalized spacial score (nSPS) is 12.0. The van der Waals surface area contributed by atoms with Crippen LogP contribution >= 0.6 is 21.6 Å². The molecule has 0 aliphatic carbocycles. The first-order valence-electron chi connectivity index (χ1n) is 9.31. The van der Waals surface area contributed by atoms with E-state index in [2.05, 4.69) is 43.2 Å². The fourth-order valence-electron chi connectivity index (χ4n) is 1.84. The molecule has 0 saturated heterocycles. The molecule has 4 nitrogen and oxygen atoms in total. The van der Waals surface area contributed by atoms with Gasteiger partial charge in [0.05, 0.1) is 6.54 Å². The number of nitrogens with one attached hydrogen (secondary N) is 2. The molecule has 0 saturated carbocycles. The molecule has 0 fully saturated rings. The summed E-state index contributed by atoms with van der Waals surface area (Å²) < 4.78 is 5.77. The van der Waals surface area contributed by atoms with Gasteiger partial charge in [0, 0.05) is 24.8 Å². The van der Waals surface area contributed by atoms with E-state index in [4.69, 9.17) is 4.74 Å². The lowest BCUT2D eigenvalue weighted by Gasteiger charge is -2.12. The lowest BCUT2D eigenvalue weighted by molar-refractivity contribution is 0.121. The van der Waals surface area contributed by atoms with Crippen molar-refractivity contribution in [2.75, 3.05) is 25.4 Å². The Kier molecular flexibility index (Phi) is 16.6. The maximum absolute atomic E-state index is 11.5. The van der Waals surface area contributed by atoms with E-state index in [0.717, 1.165) is 25.4 Å². The van der Waals surface area contributed by atoms with Gasteiger partial charge >= 0.3 is 6.03 Å². The van der Waals surface area contributed by atoms with Crippen LogP contribution in [0, 0.1) is 23.7 Å². The highest BCUT2D eigenvalue weighted by Crippen LogP contribution is 2.28. The van der Waals surface area contributed by atoms with Gasteiger partial charge in [0.2, 0.25) is 0 Å². The molecule has 0 bridgehead atoms. The van der Waals surface area contributed by atoms with E-state index in [1.807, 2.05) is 35.4 Å². The first kappa shape index (κ1) is 24.5. The quantitative estimate of drug-likeness (QED) is 0.204. The fourth-order valence-corrected chi connectivity index (χ4v) is 3.95. The first-order valence-corrected chi connectivity index (χ1v) is 11.7. The number of rotatable bonds is 13. The van der Waals surface area contributed by atoms with Crippen LogP contribution in [0.25, 0.3) is 0 Å². The molecular formula is C19H36N2O2S2. The molecular weight excluding hydrogens is 352 g/mol. The average molecular weight is 389 g/mol. The predicted octanol–water partition coefficient (Wildman–Crippen LogP) is 4.91. The molecule has 0 aromatic carbocycles. The highest BCUT2D eigenvalue weighted by atomic mass is 33.1. The van der Waals surface area contributed by atoms with E-state index >= 15 is 0 Å².